The number of benzene rings is 1. The molecule has 1 aromatic carbocycles. The van der Waals surface area contributed by atoms with Gasteiger partial charge in [0.15, 0.2) is 0 Å². The van der Waals surface area contributed by atoms with Crippen molar-refractivity contribution in [1.82, 2.24) is 15.5 Å². The van der Waals surface area contributed by atoms with Gasteiger partial charge in [0.05, 0.1) is 5.52 Å². The molecule has 2 heterocycles. The Kier molecular flexibility index (Phi) is 2.58. The molecule has 0 spiro atoms. The first-order chi connectivity index (χ1) is 8.38. The van der Waals surface area contributed by atoms with Crippen molar-refractivity contribution in [3.8, 4) is 12.3 Å². The maximum Gasteiger partial charge on any atom is 0.115 e. The van der Waals surface area contributed by atoms with Crippen LogP contribution in [0.3, 0.4) is 0 Å². The van der Waals surface area contributed by atoms with Gasteiger partial charge >= 0.3 is 0 Å². The first kappa shape index (κ1) is 10.4. The Morgan fingerprint density at radius 3 is 2.88 bits per heavy atom. The molecule has 17 heavy (non-hydrogen) atoms. The third-order valence-corrected chi connectivity index (χ3v) is 3.53. The Bertz CT molecular complexity index is 571. The van der Waals surface area contributed by atoms with Gasteiger partial charge in [-0.25, -0.2) is 0 Å². The topological polar surface area (TPSA) is 40.7 Å². The molecule has 0 saturated carbocycles. The van der Waals surface area contributed by atoms with E-state index in [1.807, 2.05) is 0 Å². The fraction of sp³-hybridized carbons (Fsp3) is 0.357. The van der Waals surface area contributed by atoms with Crippen LogP contribution in [-0.4, -0.2) is 23.3 Å². The lowest BCUT2D eigenvalue weighted by Crippen LogP contribution is -2.26. The second kappa shape index (κ2) is 4.23. The predicted molar refractivity (Wildman–Crippen MR) is 68.9 cm³/mol. The molecule has 3 rings (SSSR count). The monoisotopic (exact) mass is 225 g/mol. The molecular formula is C14H15N3. The molecule has 3 heteroatoms. The van der Waals surface area contributed by atoms with E-state index in [0.717, 1.165) is 29.7 Å². The number of hydrogen-bond donors (Lipinski definition) is 2. The quantitative estimate of drug-likeness (QED) is 0.729. The zero-order valence-electron chi connectivity index (χ0n) is 9.66. The van der Waals surface area contributed by atoms with Crippen LogP contribution in [-0.2, 0) is 0 Å². The summed E-state index contributed by atoms with van der Waals surface area (Å²) in [6.07, 6.45) is 7.86. The summed E-state index contributed by atoms with van der Waals surface area (Å²) in [5, 5.41) is 11.6. The number of hydrogen-bond acceptors (Lipinski definition) is 2. The van der Waals surface area contributed by atoms with Crippen LogP contribution in [0.4, 0.5) is 0 Å². The number of aromatic amines is 1. The molecule has 86 valence electrons. The molecular weight excluding hydrogens is 210 g/mol. The summed E-state index contributed by atoms with van der Waals surface area (Å²) in [6.45, 7) is 2.21. The molecule has 0 atom stereocenters. The van der Waals surface area contributed by atoms with Gasteiger partial charge in [-0.3, -0.25) is 5.10 Å². The number of piperidine rings is 1. The smallest absolute Gasteiger partial charge is 0.115 e. The van der Waals surface area contributed by atoms with Gasteiger partial charge in [0.1, 0.15) is 5.69 Å². The molecule has 0 unspecified atom stereocenters. The van der Waals surface area contributed by atoms with Crippen molar-refractivity contribution in [2.24, 2.45) is 0 Å². The van der Waals surface area contributed by atoms with E-state index in [9.17, 15) is 0 Å². The maximum absolute atomic E-state index is 5.46. The highest BCUT2D eigenvalue weighted by Gasteiger charge is 2.16. The minimum atomic E-state index is 0.654. The third kappa shape index (κ3) is 1.81. The summed E-state index contributed by atoms with van der Waals surface area (Å²) in [4.78, 5) is 0. The highest BCUT2D eigenvalue weighted by molar-refractivity contribution is 5.84. The van der Waals surface area contributed by atoms with E-state index in [1.54, 1.807) is 0 Å². The van der Waals surface area contributed by atoms with Crippen molar-refractivity contribution in [2.75, 3.05) is 13.1 Å². The Hall–Kier alpha value is -1.79. The number of rotatable bonds is 1. The molecule has 0 amide bonds. The van der Waals surface area contributed by atoms with E-state index in [1.165, 1.54) is 18.4 Å². The van der Waals surface area contributed by atoms with Gasteiger partial charge in [-0.05, 0) is 49.5 Å². The van der Waals surface area contributed by atoms with Crippen LogP contribution in [0.2, 0.25) is 0 Å². The molecule has 1 aromatic heterocycles. The highest BCUT2D eigenvalue weighted by atomic mass is 15.1. The molecule has 2 N–H and O–H groups in total. The molecule has 1 saturated heterocycles. The zero-order chi connectivity index (χ0) is 11.7. The molecule has 1 aliphatic rings. The van der Waals surface area contributed by atoms with Crippen molar-refractivity contribution < 1.29 is 0 Å². The minimum Gasteiger partial charge on any atom is -0.317 e. The SMILES string of the molecule is C#Cc1[nH]nc2ccc(C3CCNCC3)cc12. The largest absolute Gasteiger partial charge is 0.317 e. The van der Waals surface area contributed by atoms with E-state index in [0.29, 0.717) is 5.92 Å². The second-order valence-electron chi connectivity index (χ2n) is 4.54. The van der Waals surface area contributed by atoms with Crippen LogP contribution in [0.1, 0.15) is 30.0 Å². The lowest BCUT2D eigenvalue weighted by atomic mass is 9.89. The summed E-state index contributed by atoms with van der Waals surface area (Å²) < 4.78 is 0. The van der Waals surface area contributed by atoms with Gasteiger partial charge in [0, 0.05) is 5.39 Å². The molecule has 1 fully saturated rings. The van der Waals surface area contributed by atoms with Crippen molar-refractivity contribution in [3.05, 3.63) is 29.5 Å². The van der Waals surface area contributed by atoms with Crippen molar-refractivity contribution >= 4 is 10.9 Å². The molecule has 0 radical (unpaired) electrons. The fourth-order valence-electron chi connectivity index (χ4n) is 2.55. The molecule has 0 bridgehead atoms. The first-order valence-electron chi connectivity index (χ1n) is 6.04. The Morgan fingerprint density at radius 2 is 2.12 bits per heavy atom. The van der Waals surface area contributed by atoms with Gasteiger partial charge < -0.3 is 5.32 Å². The van der Waals surface area contributed by atoms with Crippen LogP contribution < -0.4 is 5.32 Å². The van der Waals surface area contributed by atoms with Gasteiger partial charge in [-0.2, -0.15) is 5.10 Å². The molecule has 2 aromatic rings. The average Bonchev–Trinajstić information content (AvgIpc) is 2.81. The number of nitrogens with zero attached hydrogens (tertiary/aromatic N) is 1. The molecule has 0 aliphatic carbocycles. The van der Waals surface area contributed by atoms with Gasteiger partial charge in [-0.1, -0.05) is 12.0 Å². The number of fused-ring (bicyclic) bond motifs is 1. The van der Waals surface area contributed by atoms with E-state index >= 15 is 0 Å². The minimum absolute atomic E-state index is 0.654. The molecule has 3 nitrogen and oxygen atoms in total. The predicted octanol–water partition coefficient (Wildman–Crippen LogP) is 2.01. The van der Waals surface area contributed by atoms with E-state index in [-0.39, 0.29) is 0 Å². The van der Waals surface area contributed by atoms with Gasteiger partial charge in [0.25, 0.3) is 0 Å². The van der Waals surface area contributed by atoms with Gasteiger partial charge in [-0.15, -0.1) is 6.42 Å². The van der Waals surface area contributed by atoms with E-state index < -0.39 is 0 Å². The van der Waals surface area contributed by atoms with Crippen LogP contribution in [0.5, 0.6) is 0 Å². The lowest BCUT2D eigenvalue weighted by Gasteiger charge is -2.22. The van der Waals surface area contributed by atoms with Crippen molar-refractivity contribution in [3.63, 3.8) is 0 Å². The van der Waals surface area contributed by atoms with Crippen LogP contribution in [0.15, 0.2) is 18.2 Å². The number of terminal acetylenes is 1. The average molecular weight is 225 g/mol. The van der Waals surface area contributed by atoms with Crippen molar-refractivity contribution in [1.29, 1.82) is 0 Å². The van der Waals surface area contributed by atoms with Crippen LogP contribution >= 0.6 is 0 Å². The normalized spacial score (nSPS) is 17.1. The Labute approximate surface area is 101 Å². The number of aromatic nitrogens is 2. The highest BCUT2D eigenvalue weighted by Crippen LogP contribution is 2.28. The summed E-state index contributed by atoms with van der Waals surface area (Å²) >= 11 is 0. The van der Waals surface area contributed by atoms with E-state index in [2.05, 4.69) is 39.6 Å². The zero-order valence-corrected chi connectivity index (χ0v) is 9.66. The molecule has 1 aliphatic heterocycles. The summed E-state index contributed by atoms with van der Waals surface area (Å²) in [6, 6.07) is 6.44. The Morgan fingerprint density at radius 1 is 1.29 bits per heavy atom. The standard InChI is InChI=1S/C14H15N3/c1-2-13-12-9-11(3-4-14(12)17-16-13)10-5-7-15-8-6-10/h1,3-4,9-10,15H,5-8H2,(H,16,17). The van der Waals surface area contributed by atoms with Crippen LogP contribution in [0.25, 0.3) is 10.9 Å². The first-order valence-corrected chi connectivity index (χ1v) is 6.04. The van der Waals surface area contributed by atoms with Crippen LogP contribution in [0, 0.1) is 12.3 Å². The summed E-state index contributed by atoms with van der Waals surface area (Å²) in [5.41, 5.74) is 3.13. The van der Waals surface area contributed by atoms with Crippen molar-refractivity contribution in [2.45, 2.75) is 18.8 Å². The fourth-order valence-corrected chi connectivity index (χ4v) is 2.55. The maximum atomic E-state index is 5.46. The number of nitrogens with one attached hydrogen (secondary N) is 2. The second-order valence-corrected chi connectivity index (χ2v) is 4.54. The van der Waals surface area contributed by atoms with Gasteiger partial charge in [0.2, 0.25) is 0 Å². The summed E-state index contributed by atoms with van der Waals surface area (Å²) in [7, 11) is 0. The van der Waals surface area contributed by atoms with E-state index in [4.69, 9.17) is 6.42 Å². The lowest BCUT2D eigenvalue weighted by molar-refractivity contribution is 0.460. The Balaban J connectivity index is 2.02. The summed E-state index contributed by atoms with van der Waals surface area (Å²) in [5.74, 6) is 3.30. The third-order valence-electron chi connectivity index (χ3n) is 3.53. The number of H-pyrrole nitrogens is 1.